The van der Waals surface area contributed by atoms with Crippen LogP contribution in [0.15, 0.2) is 0 Å². The lowest BCUT2D eigenvalue weighted by molar-refractivity contribution is -0.125. The number of nitrogens with two attached hydrogens (primary N) is 1. The van der Waals surface area contributed by atoms with Crippen LogP contribution in [0.25, 0.3) is 0 Å². The van der Waals surface area contributed by atoms with Gasteiger partial charge in [0.25, 0.3) is 0 Å². The van der Waals surface area contributed by atoms with Crippen LogP contribution in [-0.2, 0) is 4.79 Å². The van der Waals surface area contributed by atoms with Crippen LogP contribution >= 0.6 is 0 Å². The second-order valence-electron chi connectivity index (χ2n) is 3.36. The number of hydrogen-bond donors (Lipinski definition) is 2. The molecule has 64 valence electrons. The van der Waals surface area contributed by atoms with Crippen molar-refractivity contribution < 1.29 is 4.79 Å². The SMILES string of the molecule is CN1CCNC(C)(C(N)=O)C1. The largest absolute Gasteiger partial charge is 0.368 e. The number of primary amides is 1. The molecule has 0 radical (unpaired) electrons. The van der Waals surface area contributed by atoms with Gasteiger partial charge >= 0.3 is 0 Å². The lowest BCUT2D eigenvalue weighted by atomic mass is 9.99. The van der Waals surface area contributed by atoms with Crippen molar-refractivity contribution >= 4 is 5.91 Å². The van der Waals surface area contributed by atoms with E-state index in [0.29, 0.717) is 6.54 Å². The normalized spacial score (nSPS) is 33.6. The van der Waals surface area contributed by atoms with E-state index >= 15 is 0 Å². The standard InChI is InChI=1S/C7H15N3O/c1-7(6(8)11)5-10(2)4-3-9-7/h9H,3-5H2,1-2H3,(H2,8,11). The van der Waals surface area contributed by atoms with Gasteiger partial charge in [-0.2, -0.15) is 0 Å². The fourth-order valence-electron chi connectivity index (χ4n) is 1.36. The van der Waals surface area contributed by atoms with Crippen molar-refractivity contribution in [2.75, 3.05) is 26.7 Å². The Labute approximate surface area is 66.7 Å². The predicted molar refractivity (Wildman–Crippen MR) is 43.1 cm³/mol. The van der Waals surface area contributed by atoms with E-state index in [4.69, 9.17) is 5.73 Å². The maximum absolute atomic E-state index is 11.0. The third-order valence-electron chi connectivity index (χ3n) is 2.14. The molecule has 1 fully saturated rings. The Balaban J connectivity index is 2.63. The van der Waals surface area contributed by atoms with Crippen molar-refractivity contribution in [2.45, 2.75) is 12.5 Å². The van der Waals surface area contributed by atoms with Gasteiger partial charge in [-0.15, -0.1) is 0 Å². The topological polar surface area (TPSA) is 58.4 Å². The van der Waals surface area contributed by atoms with Crippen LogP contribution in [0, 0.1) is 0 Å². The third-order valence-corrected chi connectivity index (χ3v) is 2.14. The molecule has 1 atom stereocenters. The number of likely N-dealkylation sites (N-methyl/N-ethyl adjacent to an activating group) is 1. The molecule has 1 rings (SSSR count). The zero-order valence-corrected chi connectivity index (χ0v) is 7.05. The van der Waals surface area contributed by atoms with E-state index in [-0.39, 0.29) is 5.91 Å². The zero-order valence-electron chi connectivity index (χ0n) is 7.05. The maximum Gasteiger partial charge on any atom is 0.238 e. The highest BCUT2D eigenvalue weighted by Gasteiger charge is 2.34. The van der Waals surface area contributed by atoms with E-state index in [0.717, 1.165) is 13.1 Å². The summed E-state index contributed by atoms with van der Waals surface area (Å²) in [6.07, 6.45) is 0. The van der Waals surface area contributed by atoms with Crippen LogP contribution in [0.1, 0.15) is 6.92 Å². The summed E-state index contributed by atoms with van der Waals surface area (Å²) in [6, 6.07) is 0. The van der Waals surface area contributed by atoms with E-state index in [9.17, 15) is 4.79 Å². The van der Waals surface area contributed by atoms with Gasteiger partial charge in [0.05, 0.1) is 0 Å². The zero-order chi connectivity index (χ0) is 8.48. The summed E-state index contributed by atoms with van der Waals surface area (Å²) < 4.78 is 0. The van der Waals surface area contributed by atoms with Gasteiger partial charge < -0.3 is 16.0 Å². The molecule has 0 aromatic carbocycles. The van der Waals surface area contributed by atoms with Gasteiger partial charge in [0, 0.05) is 19.6 Å². The van der Waals surface area contributed by atoms with E-state index in [1.54, 1.807) is 0 Å². The Morgan fingerprint density at radius 3 is 2.73 bits per heavy atom. The first kappa shape index (κ1) is 8.49. The summed E-state index contributed by atoms with van der Waals surface area (Å²) in [4.78, 5) is 13.1. The number of nitrogens with zero attached hydrogens (tertiary/aromatic N) is 1. The number of nitrogens with one attached hydrogen (secondary N) is 1. The number of rotatable bonds is 1. The van der Waals surface area contributed by atoms with Crippen LogP contribution in [-0.4, -0.2) is 43.0 Å². The minimum absolute atomic E-state index is 0.274. The van der Waals surface area contributed by atoms with Gasteiger partial charge in [-0.3, -0.25) is 4.79 Å². The Bertz CT molecular complexity index is 171. The minimum Gasteiger partial charge on any atom is -0.368 e. The molecule has 0 aromatic heterocycles. The molecule has 0 spiro atoms. The molecule has 1 saturated heterocycles. The second kappa shape index (κ2) is 2.79. The van der Waals surface area contributed by atoms with E-state index in [1.807, 2.05) is 14.0 Å². The molecule has 3 N–H and O–H groups in total. The molecule has 1 aliphatic heterocycles. The summed E-state index contributed by atoms with van der Waals surface area (Å²) in [5, 5.41) is 3.11. The number of carbonyl (C=O) groups is 1. The number of carbonyl (C=O) groups excluding carboxylic acids is 1. The van der Waals surface area contributed by atoms with E-state index in [1.165, 1.54) is 0 Å². The quantitative estimate of drug-likeness (QED) is 0.501. The Morgan fingerprint density at radius 2 is 2.36 bits per heavy atom. The van der Waals surface area contributed by atoms with Gasteiger partial charge in [-0.05, 0) is 14.0 Å². The van der Waals surface area contributed by atoms with Gasteiger partial charge in [-0.1, -0.05) is 0 Å². The summed E-state index contributed by atoms with van der Waals surface area (Å²) >= 11 is 0. The highest BCUT2D eigenvalue weighted by atomic mass is 16.1. The van der Waals surface area contributed by atoms with Gasteiger partial charge in [0.2, 0.25) is 5.91 Å². The Hall–Kier alpha value is -0.610. The molecule has 1 amide bonds. The van der Waals surface area contributed by atoms with Crippen molar-refractivity contribution in [1.82, 2.24) is 10.2 Å². The maximum atomic E-state index is 11.0. The van der Waals surface area contributed by atoms with Crippen molar-refractivity contribution in [3.05, 3.63) is 0 Å². The summed E-state index contributed by atoms with van der Waals surface area (Å²) in [7, 11) is 1.99. The molecule has 0 aliphatic carbocycles. The van der Waals surface area contributed by atoms with E-state index < -0.39 is 5.54 Å². The number of hydrogen-bond acceptors (Lipinski definition) is 3. The van der Waals surface area contributed by atoms with Crippen molar-refractivity contribution in [2.24, 2.45) is 5.73 Å². The molecular formula is C7H15N3O. The highest BCUT2D eigenvalue weighted by molar-refractivity contribution is 5.84. The summed E-state index contributed by atoms with van der Waals surface area (Å²) in [5.41, 5.74) is 4.70. The molecule has 4 nitrogen and oxygen atoms in total. The molecule has 1 unspecified atom stereocenters. The van der Waals surface area contributed by atoms with Crippen LogP contribution in [0.2, 0.25) is 0 Å². The summed E-state index contributed by atoms with van der Waals surface area (Å²) in [6.45, 7) is 4.34. The first-order chi connectivity index (χ1) is 5.04. The predicted octanol–water partition coefficient (Wildman–Crippen LogP) is -1.23. The molecular weight excluding hydrogens is 142 g/mol. The highest BCUT2D eigenvalue weighted by Crippen LogP contribution is 2.08. The average Bonchev–Trinajstić information content (AvgIpc) is 1.86. The Morgan fingerprint density at radius 1 is 1.73 bits per heavy atom. The number of amides is 1. The van der Waals surface area contributed by atoms with Crippen molar-refractivity contribution in [3.8, 4) is 0 Å². The molecule has 0 bridgehead atoms. The first-order valence-corrected chi connectivity index (χ1v) is 3.78. The number of piperazine rings is 1. The molecule has 1 aliphatic rings. The van der Waals surface area contributed by atoms with Gasteiger partial charge in [-0.25, -0.2) is 0 Å². The lowest BCUT2D eigenvalue weighted by Crippen LogP contribution is -2.64. The molecule has 0 saturated carbocycles. The molecule has 1 heterocycles. The van der Waals surface area contributed by atoms with Crippen LogP contribution < -0.4 is 11.1 Å². The molecule has 0 aromatic rings. The third kappa shape index (κ3) is 1.70. The lowest BCUT2D eigenvalue weighted by Gasteiger charge is -2.37. The van der Waals surface area contributed by atoms with Gasteiger partial charge in [0.15, 0.2) is 0 Å². The van der Waals surface area contributed by atoms with Crippen LogP contribution in [0.3, 0.4) is 0 Å². The monoisotopic (exact) mass is 157 g/mol. The average molecular weight is 157 g/mol. The van der Waals surface area contributed by atoms with E-state index in [2.05, 4.69) is 10.2 Å². The van der Waals surface area contributed by atoms with Gasteiger partial charge in [0.1, 0.15) is 5.54 Å². The van der Waals surface area contributed by atoms with Crippen LogP contribution in [0.4, 0.5) is 0 Å². The molecule has 11 heavy (non-hydrogen) atoms. The Kier molecular flexibility index (Phi) is 2.15. The van der Waals surface area contributed by atoms with Crippen LogP contribution in [0.5, 0.6) is 0 Å². The molecule has 4 heteroatoms. The summed E-state index contributed by atoms with van der Waals surface area (Å²) in [5.74, 6) is -0.274. The minimum atomic E-state index is -0.535. The van der Waals surface area contributed by atoms with Crippen molar-refractivity contribution in [3.63, 3.8) is 0 Å². The smallest absolute Gasteiger partial charge is 0.238 e. The fraction of sp³-hybridized carbons (Fsp3) is 0.857. The second-order valence-corrected chi connectivity index (χ2v) is 3.36. The fourth-order valence-corrected chi connectivity index (χ4v) is 1.36. The van der Waals surface area contributed by atoms with Crippen molar-refractivity contribution in [1.29, 1.82) is 0 Å². The first-order valence-electron chi connectivity index (χ1n) is 3.78.